The van der Waals surface area contributed by atoms with Crippen molar-refractivity contribution in [1.29, 1.82) is 0 Å². The SMILES string of the molecule is CCOCCN(Cc1ccc(C(=O)O)o1)C(=O)OCC1c2ccccc2-c2ccccc21. The monoisotopic (exact) mass is 435 g/mol. The summed E-state index contributed by atoms with van der Waals surface area (Å²) < 4.78 is 16.4. The molecule has 0 radical (unpaired) electrons. The Hall–Kier alpha value is -3.58. The molecule has 1 amide bonds. The average Bonchev–Trinajstić information content (AvgIpc) is 3.40. The van der Waals surface area contributed by atoms with Gasteiger partial charge in [-0.25, -0.2) is 9.59 Å². The number of carboxylic acids is 1. The zero-order valence-electron chi connectivity index (χ0n) is 17.8. The van der Waals surface area contributed by atoms with Gasteiger partial charge >= 0.3 is 12.1 Å². The molecule has 7 nitrogen and oxygen atoms in total. The summed E-state index contributed by atoms with van der Waals surface area (Å²) in [5.41, 5.74) is 4.60. The molecule has 2 aromatic carbocycles. The van der Waals surface area contributed by atoms with Gasteiger partial charge in [0.25, 0.3) is 0 Å². The number of carboxylic acid groups (broad SMARTS) is 1. The van der Waals surface area contributed by atoms with Crippen LogP contribution in [0.3, 0.4) is 0 Å². The highest BCUT2D eigenvalue weighted by atomic mass is 16.6. The minimum Gasteiger partial charge on any atom is -0.475 e. The van der Waals surface area contributed by atoms with Crippen molar-refractivity contribution in [3.63, 3.8) is 0 Å². The fourth-order valence-electron chi connectivity index (χ4n) is 4.01. The first kappa shape index (κ1) is 21.6. The molecule has 4 rings (SSSR count). The molecule has 0 bridgehead atoms. The number of carbonyl (C=O) groups is 2. The summed E-state index contributed by atoms with van der Waals surface area (Å²) in [6.07, 6.45) is -0.500. The van der Waals surface area contributed by atoms with Gasteiger partial charge in [0.05, 0.1) is 13.2 Å². The third kappa shape index (κ3) is 4.53. The summed E-state index contributed by atoms with van der Waals surface area (Å²) in [6.45, 7) is 3.35. The van der Waals surface area contributed by atoms with E-state index in [1.165, 1.54) is 11.0 Å². The lowest BCUT2D eigenvalue weighted by molar-refractivity contribution is 0.0647. The number of amides is 1. The summed E-state index contributed by atoms with van der Waals surface area (Å²) >= 11 is 0. The van der Waals surface area contributed by atoms with Crippen LogP contribution in [0.1, 0.15) is 40.3 Å². The van der Waals surface area contributed by atoms with Gasteiger partial charge in [0.1, 0.15) is 12.4 Å². The topological polar surface area (TPSA) is 89.2 Å². The highest BCUT2D eigenvalue weighted by Crippen LogP contribution is 2.44. The van der Waals surface area contributed by atoms with Crippen LogP contribution in [0.5, 0.6) is 0 Å². The summed E-state index contributed by atoms with van der Waals surface area (Å²) in [4.78, 5) is 25.5. The van der Waals surface area contributed by atoms with Crippen LogP contribution < -0.4 is 0 Å². The van der Waals surface area contributed by atoms with Crippen LogP contribution in [0.2, 0.25) is 0 Å². The summed E-state index contributed by atoms with van der Waals surface area (Å²) in [5.74, 6) is -0.995. The maximum absolute atomic E-state index is 13.0. The Labute approximate surface area is 186 Å². The van der Waals surface area contributed by atoms with E-state index < -0.39 is 12.1 Å². The van der Waals surface area contributed by atoms with Crippen LogP contribution >= 0.6 is 0 Å². The van der Waals surface area contributed by atoms with Crippen molar-refractivity contribution in [3.8, 4) is 11.1 Å². The van der Waals surface area contributed by atoms with E-state index in [1.54, 1.807) is 6.07 Å². The van der Waals surface area contributed by atoms with Crippen LogP contribution in [-0.4, -0.2) is 48.4 Å². The van der Waals surface area contributed by atoms with Gasteiger partial charge in [-0.1, -0.05) is 48.5 Å². The largest absolute Gasteiger partial charge is 0.475 e. The van der Waals surface area contributed by atoms with E-state index in [9.17, 15) is 9.59 Å². The number of hydrogen-bond donors (Lipinski definition) is 1. The number of nitrogens with zero attached hydrogens (tertiary/aromatic N) is 1. The van der Waals surface area contributed by atoms with E-state index in [0.717, 1.165) is 22.3 Å². The lowest BCUT2D eigenvalue weighted by Gasteiger charge is -2.22. The second kappa shape index (κ2) is 9.70. The highest BCUT2D eigenvalue weighted by Gasteiger charge is 2.30. The molecule has 0 saturated carbocycles. The van der Waals surface area contributed by atoms with Crippen molar-refractivity contribution in [3.05, 3.63) is 83.3 Å². The van der Waals surface area contributed by atoms with Crippen LogP contribution in [-0.2, 0) is 16.0 Å². The minimum absolute atomic E-state index is 0.0395. The van der Waals surface area contributed by atoms with Crippen molar-refractivity contribution in [2.24, 2.45) is 0 Å². The smallest absolute Gasteiger partial charge is 0.410 e. The van der Waals surface area contributed by atoms with Gasteiger partial charge < -0.3 is 19.0 Å². The maximum Gasteiger partial charge on any atom is 0.410 e. The van der Waals surface area contributed by atoms with Gasteiger partial charge in [0.2, 0.25) is 5.76 Å². The number of furan rings is 1. The number of rotatable bonds is 9. The highest BCUT2D eigenvalue weighted by molar-refractivity contribution is 5.84. The molecule has 32 heavy (non-hydrogen) atoms. The van der Waals surface area contributed by atoms with Crippen LogP contribution in [0, 0.1) is 0 Å². The third-order valence-corrected chi connectivity index (χ3v) is 5.52. The van der Waals surface area contributed by atoms with E-state index >= 15 is 0 Å². The molecule has 0 spiro atoms. The van der Waals surface area contributed by atoms with Crippen molar-refractivity contribution in [2.45, 2.75) is 19.4 Å². The normalized spacial score (nSPS) is 12.3. The molecule has 0 unspecified atom stereocenters. The molecule has 0 saturated heterocycles. The van der Waals surface area contributed by atoms with E-state index in [0.29, 0.717) is 25.5 Å². The Morgan fingerprint density at radius 3 is 2.25 bits per heavy atom. The Balaban J connectivity index is 1.47. The molecule has 1 N–H and O–H groups in total. The molecule has 0 aliphatic heterocycles. The summed E-state index contributed by atoms with van der Waals surface area (Å²) in [6, 6.07) is 19.2. The van der Waals surface area contributed by atoms with Gasteiger partial charge in [-0.05, 0) is 41.3 Å². The van der Waals surface area contributed by atoms with Crippen molar-refractivity contribution < 1.29 is 28.6 Å². The summed E-state index contributed by atoms with van der Waals surface area (Å²) in [7, 11) is 0. The zero-order valence-corrected chi connectivity index (χ0v) is 17.8. The molecule has 0 fully saturated rings. The van der Waals surface area contributed by atoms with E-state index in [1.807, 2.05) is 31.2 Å². The Kier molecular flexibility index (Phi) is 6.56. The molecule has 1 aliphatic carbocycles. The predicted molar refractivity (Wildman–Crippen MR) is 118 cm³/mol. The molecule has 0 atom stereocenters. The number of carbonyl (C=O) groups excluding carboxylic acids is 1. The van der Waals surface area contributed by atoms with Crippen LogP contribution in [0.25, 0.3) is 11.1 Å². The lowest BCUT2D eigenvalue weighted by Crippen LogP contribution is -2.34. The van der Waals surface area contributed by atoms with Crippen molar-refractivity contribution in [2.75, 3.05) is 26.4 Å². The van der Waals surface area contributed by atoms with Gasteiger partial charge in [0, 0.05) is 19.1 Å². The van der Waals surface area contributed by atoms with Gasteiger partial charge in [-0.2, -0.15) is 0 Å². The Morgan fingerprint density at radius 1 is 1.00 bits per heavy atom. The second-order valence-electron chi connectivity index (χ2n) is 7.49. The predicted octanol–water partition coefficient (Wildman–Crippen LogP) is 4.77. The maximum atomic E-state index is 13.0. The standard InChI is InChI=1S/C25H25NO6/c1-2-30-14-13-26(15-17-11-12-23(32-17)24(27)28)25(29)31-16-22-20-9-5-3-7-18(20)19-8-4-6-10-21(19)22/h3-12,22H,2,13-16H2,1H3,(H,27,28). The zero-order chi connectivity index (χ0) is 22.5. The van der Waals surface area contributed by atoms with Crippen molar-refractivity contribution in [1.82, 2.24) is 4.90 Å². The minimum atomic E-state index is -1.15. The quantitative estimate of drug-likeness (QED) is 0.487. The molecule has 7 heteroatoms. The molecule has 1 aromatic heterocycles. The van der Waals surface area contributed by atoms with Crippen molar-refractivity contribution >= 4 is 12.1 Å². The first-order chi connectivity index (χ1) is 15.6. The molecule has 1 heterocycles. The van der Waals surface area contributed by atoms with Gasteiger partial charge in [0.15, 0.2) is 0 Å². The molecule has 1 aliphatic rings. The fourth-order valence-corrected chi connectivity index (χ4v) is 4.01. The first-order valence-corrected chi connectivity index (χ1v) is 10.6. The first-order valence-electron chi connectivity index (χ1n) is 10.6. The Bertz CT molecular complexity index is 1060. The number of fused-ring (bicyclic) bond motifs is 3. The molecule has 166 valence electrons. The van der Waals surface area contributed by atoms with Crippen LogP contribution in [0.15, 0.2) is 65.1 Å². The second-order valence-corrected chi connectivity index (χ2v) is 7.49. The average molecular weight is 435 g/mol. The van der Waals surface area contributed by atoms with E-state index in [-0.39, 0.29) is 24.8 Å². The van der Waals surface area contributed by atoms with Crippen LogP contribution in [0.4, 0.5) is 4.79 Å². The number of hydrogen-bond acceptors (Lipinski definition) is 5. The fraction of sp³-hybridized carbons (Fsp3) is 0.280. The number of ether oxygens (including phenoxy) is 2. The number of aromatic carboxylic acids is 1. The van der Waals surface area contributed by atoms with Gasteiger partial charge in [-0.3, -0.25) is 4.90 Å². The van der Waals surface area contributed by atoms with E-state index in [2.05, 4.69) is 24.3 Å². The van der Waals surface area contributed by atoms with Gasteiger partial charge in [-0.15, -0.1) is 0 Å². The molecule has 3 aromatic rings. The lowest BCUT2D eigenvalue weighted by atomic mass is 9.98. The van der Waals surface area contributed by atoms with E-state index in [4.69, 9.17) is 19.0 Å². The summed E-state index contributed by atoms with van der Waals surface area (Å²) in [5, 5.41) is 9.06. The molecular formula is C25H25NO6. The molecular weight excluding hydrogens is 410 g/mol. The number of benzene rings is 2. The third-order valence-electron chi connectivity index (χ3n) is 5.52. The Morgan fingerprint density at radius 2 is 1.66 bits per heavy atom.